The standard InChI is InChI=1S/C7H4Cl2N2S/c1-4-2-5(8)6(10-3-12)7(9)11-4/h2H,1H3. The molecule has 1 aromatic heterocycles. The quantitative estimate of drug-likeness (QED) is 0.410. The summed E-state index contributed by atoms with van der Waals surface area (Å²) in [5.41, 5.74) is 1.12. The molecule has 0 N–H and O–H groups in total. The van der Waals surface area contributed by atoms with Gasteiger partial charge in [0.05, 0.1) is 10.2 Å². The first-order valence-corrected chi connectivity index (χ1v) is 4.22. The van der Waals surface area contributed by atoms with Crippen molar-refractivity contribution < 1.29 is 0 Å². The lowest BCUT2D eigenvalue weighted by molar-refractivity contribution is 1.19. The molecule has 0 aliphatic rings. The monoisotopic (exact) mass is 218 g/mol. The minimum atomic E-state index is 0.248. The first-order valence-electron chi connectivity index (χ1n) is 3.05. The topological polar surface area (TPSA) is 25.2 Å². The van der Waals surface area contributed by atoms with E-state index < -0.39 is 0 Å². The van der Waals surface area contributed by atoms with Crippen molar-refractivity contribution >= 4 is 46.3 Å². The molecule has 0 fully saturated rings. The first-order chi connectivity index (χ1) is 5.65. The molecule has 12 heavy (non-hydrogen) atoms. The minimum absolute atomic E-state index is 0.248. The Bertz CT molecular complexity index is 335. The number of hydrogen-bond acceptors (Lipinski definition) is 3. The van der Waals surface area contributed by atoms with E-state index in [0.717, 1.165) is 5.69 Å². The summed E-state index contributed by atoms with van der Waals surface area (Å²) in [6.45, 7) is 1.79. The van der Waals surface area contributed by atoms with Gasteiger partial charge in [0.2, 0.25) is 0 Å². The second kappa shape index (κ2) is 3.97. The van der Waals surface area contributed by atoms with Gasteiger partial charge in [0, 0.05) is 5.69 Å². The Balaban J connectivity index is 3.37. The van der Waals surface area contributed by atoms with E-state index in [2.05, 4.69) is 27.4 Å². The number of rotatable bonds is 1. The Kier molecular flexibility index (Phi) is 3.18. The number of halogens is 2. The second-order valence-electron chi connectivity index (χ2n) is 2.09. The molecule has 0 bridgehead atoms. The molecule has 5 heteroatoms. The molecule has 1 aromatic rings. The number of isothiocyanates is 1. The molecular formula is C7H4Cl2N2S. The van der Waals surface area contributed by atoms with Gasteiger partial charge in [0.15, 0.2) is 5.15 Å². The number of hydrogen-bond donors (Lipinski definition) is 0. The highest BCUT2D eigenvalue weighted by Crippen LogP contribution is 2.31. The average Bonchev–Trinajstić information content (AvgIpc) is 1.96. The van der Waals surface area contributed by atoms with Crippen molar-refractivity contribution in [3.8, 4) is 0 Å². The largest absolute Gasteiger partial charge is 0.239 e. The van der Waals surface area contributed by atoms with Crippen molar-refractivity contribution in [2.24, 2.45) is 4.99 Å². The van der Waals surface area contributed by atoms with Gasteiger partial charge in [-0.05, 0) is 25.2 Å². The summed E-state index contributed by atoms with van der Waals surface area (Å²) in [5, 5.41) is 2.87. The predicted molar refractivity (Wildman–Crippen MR) is 53.7 cm³/mol. The number of thiocarbonyl (C=S) groups is 1. The summed E-state index contributed by atoms with van der Waals surface area (Å²) < 4.78 is 0. The lowest BCUT2D eigenvalue weighted by Crippen LogP contribution is -1.82. The molecule has 0 atom stereocenters. The number of aromatic nitrogens is 1. The molecule has 0 radical (unpaired) electrons. The molecule has 0 amide bonds. The van der Waals surface area contributed by atoms with E-state index in [1.165, 1.54) is 0 Å². The Labute approximate surface area is 85.2 Å². The van der Waals surface area contributed by atoms with Crippen LogP contribution in [0, 0.1) is 6.92 Å². The van der Waals surface area contributed by atoms with Crippen molar-refractivity contribution in [1.29, 1.82) is 0 Å². The summed E-state index contributed by atoms with van der Waals surface area (Å²) in [4.78, 5) is 7.64. The van der Waals surface area contributed by atoms with Crippen LogP contribution in [0.15, 0.2) is 11.1 Å². The van der Waals surface area contributed by atoms with Crippen molar-refractivity contribution in [1.82, 2.24) is 4.98 Å². The lowest BCUT2D eigenvalue weighted by Gasteiger charge is -1.99. The number of nitrogens with zero attached hydrogens (tertiary/aromatic N) is 2. The summed E-state index contributed by atoms with van der Waals surface area (Å²) in [7, 11) is 0. The Morgan fingerprint density at radius 2 is 2.25 bits per heavy atom. The zero-order valence-corrected chi connectivity index (χ0v) is 8.46. The molecule has 0 aliphatic carbocycles. The van der Waals surface area contributed by atoms with Gasteiger partial charge in [-0.15, -0.1) is 0 Å². The Morgan fingerprint density at radius 3 is 2.75 bits per heavy atom. The lowest BCUT2D eigenvalue weighted by atomic mass is 10.3. The zero-order chi connectivity index (χ0) is 9.14. The highest BCUT2D eigenvalue weighted by atomic mass is 35.5. The van der Waals surface area contributed by atoms with Crippen LogP contribution in [0.4, 0.5) is 5.69 Å². The SMILES string of the molecule is Cc1cc(Cl)c(N=C=S)c(Cl)n1. The third kappa shape index (κ3) is 2.02. The number of aliphatic imine (C=N–C) groups is 1. The molecule has 0 saturated heterocycles. The van der Waals surface area contributed by atoms with Gasteiger partial charge in [-0.1, -0.05) is 23.2 Å². The molecule has 0 aliphatic heterocycles. The van der Waals surface area contributed by atoms with Crippen LogP contribution < -0.4 is 0 Å². The molecule has 1 heterocycles. The summed E-state index contributed by atoms with van der Waals surface area (Å²) in [5.74, 6) is 0. The van der Waals surface area contributed by atoms with Crippen LogP contribution in [-0.2, 0) is 0 Å². The van der Waals surface area contributed by atoms with Gasteiger partial charge in [-0.2, -0.15) is 4.99 Å². The van der Waals surface area contributed by atoms with E-state index in [1.807, 2.05) is 0 Å². The molecule has 0 saturated carbocycles. The van der Waals surface area contributed by atoms with Crippen molar-refractivity contribution in [3.63, 3.8) is 0 Å². The van der Waals surface area contributed by atoms with Crippen LogP contribution in [0.1, 0.15) is 5.69 Å². The third-order valence-electron chi connectivity index (χ3n) is 1.19. The normalized spacial score (nSPS) is 9.25. The summed E-state index contributed by atoms with van der Waals surface area (Å²) >= 11 is 16.0. The van der Waals surface area contributed by atoms with Crippen LogP contribution in [0.3, 0.4) is 0 Å². The highest BCUT2D eigenvalue weighted by molar-refractivity contribution is 7.78. The van der Waals surface area contributed by atoms with E-state index in [9.17, 15) is 0 Å². The van der Waals surface area contributed by atoms with E-state index in [0.29, 0.717) is 10.7 Å². The highest BCUT2D eigenvalue weighted by Gasteiger charge is 2.05. The zero-order valence-electron chi connectivity index (χ0n) is 6.14. The van der Waals surface area contributed by atoms with Crippen molar-refractivity contribution in [3.05, 3.63) is 21.9 Å². The third-order valence-corrected chi connectivity index (χ3v) is 1.83. The Hall–Kier alpha value is -0.470. The maximum absolute atomic E-state index is 5.81. The minimum Gasteiger partial charge on any atom is -0.239 e. The molecule has 1 rings (SSSR count). The van der Waals surface area contributed by atoms with Crippen LogP contribution in [-0.4, -0.2) is 10.1 Å². The maximum atomic E-state index is 5.81. The fourth-order valence-corrected chi connectivity index (χ4v) is 1.44. The van der Waals surface area contributed by atoms with Gasteiger partial charge in [0.1, 0.15) is 5.69 Å². The van der Waals surface area contributed by atoms with Crippen LogP contribution in [0.25, 0.3) is 0 Å². The summed E-state index contributed by atoms with van der Waals surface area (Å²) in [6.07, 6.45) is 0. The predicted octanol–water partition coefficient (Wildman–Crippen LogP) is 3.43. The molecule has 0 spiro atoms. The fourth-order valence-electron chi connectivity index (χ4n) is 0.736. The van der Waals surface area contributed by atoms with Gasteiger partial charge in [0.25, 0.3) is 0 Å². The van der Waals surface area contributed by atoms with Gasteiger partial charge < -0.3 is 0 Å². The Morgan fingerprint density at radius 1 is 1.58 bits per heavy atom. The van der Waals surface area contributed by atoms with Gasteiger partial charge >= 0.3 is 0 Å². The van der Waals surface area contributed by atoms with Crippen molar-refractivity contribution in [2.45, 2.75) is 6.92 Å². The number of pyridine rings is 1. The van der Waals surface area contributed by atoms with Crippen LogP contribution in [0.5, 0.6) is 0 Å². The molecule has 2 nitrogen and oxygen atoms in total. The molecule has 0 unspecified atom stereocenters. The van der Waals surface area contributed by atoms with E-state index in [1.54, 1.807) is 13.0 Å². The second-order valence-corrected chi connectivity index (χ2v) is 3.04. The fraction of sp³-hybridized carbons (Fsp3) is 0.143. The van der Waals surface area contributed by atoms with Gasteiger partial charge in [-0.25, -0.2) is 4.98 Å². The summed E-state index contributed by atoms with van der Waals surface area (Å²) in [6, 6.07) is 1.67. The number of aryl methyl sites for hydroxylation is 1. The maximum Gasteiger partial charge on any atom is 0.157 e. The van der Waals surface area contributed by atoms with E-state index >= 15 is 0 Å². The molecule has 62 valence electrons. The first kappa shape index (κ1) is 9.62. The molecular weight excluding hydrogens is 215 g/mol. The average molecular weight is 219 g/mol. The van der Waals surface area contributed by atoms with Gasteiger partial charge in [-0.3, -0.25) is 0 Å². The van der Waals surface area contributed by atoms with E-state index in [-0.39, 0.29) is 5.15 Å². The van der Waals surface area contributed by atoms with Crippen LogP contribution in [0.2, 0.25) is 10.2 Å². The van der Waals surface area contributed by atoms with E-state index in [4.69, 9.17) is 23.2 Å². The smallest absolute Gasteiger partial charge is 0.157 e. The molecule has 0 aromatic carbocycles. The van der Waals surface area contributed by atoms with Crippen LogP contribution >= 0.6 is 35.4 Å². The van der Waals surface area contributed by atoms with Crippen molar-refractivity contribution in [2.75, 3.05) is 0 Å².